The first kappa shape index (κ1) is 23.7. The van der Waals surface area contributed by atoms with E-state index in [1.54, 1.807) is 24.3 Å². The van der Waals surface area contributed by atoms with Gasteiger partial charge in [0.15, 0.2) is 0 Å². The van der Waals surface area contributed by atoms with E-state index < -0.39 is 5.97 Å². The fourth-order valence-electron chi connectivity index (χ4n) is 4.30. The van der Waals surface area contributed by atoms with Crippen LogP contribution in [-0.2, 0) is 9.53 Å². The summed E-state index contributed by atoms with van der Waals surface area (Å²) < 4.78 is 5.31. The van der Waals surface area contributed by atoms with Crippen LogP contribution < -0.4 is 10.2 Å². The molecule has 0 radical (unpaired) electrons. The van der Waals surface area contributed by atoms with E-state index in [-0.39, 0.29) is 23.1 Å². The zero-order chi connectivity index (χ0) is 24.1. The van der Waals surface area contributed by atoms with Gasteiger partial charge in [0.25, 0.3) is 5.91 Å². The predicted molar refractivity (Wildman–Crippen MR) is 129 cm³/mol. The van der Waals surface area contributed by atoms with Gasteiger partial charge >= 0.3 is 5.97 Å². The van der Waals surface area contributed by atoms with Crippen molar-refractivity contribution in [2.24, 2.45) is 0 Å². The monoisotopic (exact) mass is 466 g/mol. The number of nitrogens with zero attached hydrogens (tertiary/aromatic N) is 3. The molecule has 2 aromatic carbocycles. The van der Waals surface area contributed by atoms with Gasteiger partial charge < -0.3 is 25.0 Å². The first-order valence-corrected chi connectivity index (χ1v) is 11.5. The summed E-state index contributed by atoms with van der Waals surface area (Å²) in [5, 5.41) is 12.5. The first-order valence-electron chi connectivity index (χ1n) is 11.5. The summed E-state index contributed by atoms with van der Waals surface area (Å²) in [5.41, 5.74) is 2.41. The molecule has 2 saturated heterocycles. The Balaban J connectivity index is 1.39. The van der Waals surface area contributed by atoms with Crippen LogP contribution in [0.2, 0.25) is 0 Å². The number of carbonyl (C=O) groups excluding carboxylic acids is 2. The number of carboxylic acids is 1. The molecular weight excluding hydrogens is 436 g/mol. The van der Waals surface area contributed by atoms with Crippen molar-refractivity contribution in [2.75, 3.05) is 69.2 Å². The average molecular weight is 467 g/mol. The first-order chi connectivity index (χ1) is 16.4. The number of anilines is 2. The third-order valence-electron chi connectivity index (χ3n) is 6.33. The van der Waals surface area contributed by atoms with E-state index in [9.17, 15) is 19.5 Å². The summed E-state index contributed by atoms with van der Waals surface area (Å²) in [6, 6.07) is 12.2. The SMILES string of the molecule is Cc1ccccc1C(=O)Nc1ccc(N2CCN(CC(=O)N3CCOCC3)CC2)cc1C(=O)O. The second kappa shape index (κ2) is 10.7. The second-order valence-corrected chi connectivity index (χ2v) is 8.56. The average Bonchev–Trinajstić information content (AvgIpc) is 2.85. The Labute approximate surface area is 198 Å². The summed E-state index contributed by atoms with van der Waals surface area (Å²) in [7, 11) is 0. The highest BCUT2D eigenvalue weighted by molar-refractivity contribution is 6.08. The van der Waals surface area contributed by atoms with Crippen LogP contribution in [0.5, 0.6) is 0 Å². The minimum Gasteiger partial charge on any atom is -0.478 e. The smallest absolute Gasteiger partial charge is 0.337 e. The van der Waals surface area contributed by atoms with Gasteiger partial charge in [-0.2, -0.15) is 0 Å². The molecule has 9 nitrogen and oxygen atoms in total. The highest BCUT2D eigenvalue weighted by Gasteiger charge is 2.24. The summed E-state index contributed by atoms with van der Waals surface area (Å²) >= 11 is 0. The number of benzene rings is 2. The zero-order valence-electron chi connectivity index (χ0n) is 19.3. The minimum absolute atomic E-state index is 0.0457. The molecule has 0 bridgehead atoms. The molecule has 2 aliphatic heterocycles. The number of amides is 2. The fourth-order valence-corrected chi connectivity index (χ4v) is 4.30. The van der Waals surface area contributed by atoms with Crippen LogP contribution in [0.15, 0.2) is 42.5 Å². The van der Waals surface area contributed by atoms with E-state index in [0.717, 1.165) is 11.3 Å². The van der Waals surface area contributed by atoms with E-state index in [1.165, 1.54) is 0 Å². The number of aromatic carboxylic acids is 1. The molecule has 2 aromatic rings. The summed E-state index contributed by atoms with van der Waals surface area (Å²) in [5.74, 6) is -1.32. The van der Waals surface area contributed by atoms with Gasteiger partial charge in [-0.3, -0.25) is 14.5 Å². The Morgan fingerprint density at radius 3 is 2.32 bits per heavy atom. The van der Waals surface area contributed by atoms with Crippen LogP contribution in [-0.4, -0.2) is 91.7 Å². The minimum atomic E-state index is -1.10. The molecule has 0 aliphatic carbocycles. The molecule has 4 rings (SSSR count). The molecule has 0 atom stereocenters. The molecular formula is C25H30N4O5. The van der Waals surface area contributed by atoms with Gasteiger partial charge in [0.2, 0.25) is 5.91 Å². The van der Waals surface area contributed by atoms with Crippen LogP contribution in [0.25, 0.3) is 0 Å². The third-order valence-corrected chi connectivity index (χ3v) is 6.33. The van der Waals surface area contributed by atoms with E-state index in [2.05, 4.69) is 15.1 Å². The lowest BCUT2D eigenvalue weighted by molar-refractivity contribution is -0.136. The topological polar surface area (TPSA) is 102 Å². The predicted octanol–water partition coefficient (Wildman–Crippen LogP) is 1.93. The van der Waals surface area contributed by atoms with Crippen LogP contribution in [0, 0.1) is 6.92 Å². The lowest BCUT2D eigenvalue weighted by atomic mass is 10.1. The Bertz CT molecular complexity index is 1060. The van der Waals surface area contributed by atoms with Crippen molar-refractivity contribution < 1.29 is 24.2 Å². The number of piperazine rings is 1. The van der Waals surface area contributed by atoms with Gasteiger partial charge in [-0.05, 0) is 36.8 Å². The van der Waals surface area contributed by atoms with Gasteiger partial charge in [-0.25, -0.2) is 4.79 Å². The fraction of sp³-hybridized carbons (Fsp3) is 0.400. The van der Waals surface area contributed by atoms with Crippen LogP contribution >= 0.6 is 0 Å². The third kappa shape index (κ3) is 5.55. The van der Waals surface area contributed by atoms with Crippen LogP contribution in [0.4, 0.5) is 11.4 Å². The molecule has 9 heteroatoms. The number of carboxylic acid groups (broad SMARTS) is 1. The molecule has 180 valence electrons. The Morgan fingerprint density at radius 2 is 1.65 bits per heavy atom. The Kier molecular flexibility index (Phi) is 7.44. The molecule has 0 unspecified atom stereocenters. The molecule has 2 heterocycles. The zero-order valence-corrected chi connectivity index (χ0v) is 19.3. The molecule has 0 saturated carbocycles. The quantitative estimate of drug-likeness (QED) is 0.671. The lowest BCUT2D eigenvalue weighted by Crippen LogP contribution is -2.51. The van der Waals surface area contributed by atoms with Gasteiger partial charge in [0.05, 0.1) is 31.0 Å². The Morgan fingerprint density at radius 1 is 0.941 bits per heavy atom. The van der Waals surface area contributed by atoms with Gasteiger partial charge in [0.1, 0.15) is 0 Å². The van der Waals surface area contributed by atoms with Crippen molar-refractivity contribution in [3.05, 3.63) is 59.2 Å². The van der Waals surface area contributed by atoms with Gasteiger partial charge in [-0.15, -0.1) is 0 Å². The van der Waals surface area contributed by atoms with Crippen molar-refractivity contribution in [3.63, 3.8) is 0 Å². The maximum atomic E-state index is 12.7. The standard InChI is InChI=1S/C25H30N4O5/c1-18-4-2-3-5-20(18)24(31)26-22-7-6-19(16-21(22)25(32)33)28-10-8-27(9-11-28)17-23(30)29-12-14-34-15-13-29/h2-7,16H,8-15,17H2,1H3,(H,26,31)(H,32,33). The maximum Gasteiger partial charge on any atom is 0.337 e. The second-order valence-electron chi connectivity index (χ2n) is 8.56. The van der Waals surface area contributed by atoms with E-state index in [4.69, 9.17) is 4.74 Å². The van der Waals surface area contributed by atoms with Gasteiger partial charge in [0, 0.05) is 50.5 Å². The molecule has 0 aromatic heterocycles. The normalized spacial score (nSPS) is 16.9. The van der Waals surface area contributed by atoms with Crippen LogP contribution in [0.1, 0.15) is 26.3 Å². The number of hydrogen-bond acceptors (Lipinski definition) is 6. The molecule has 2 fully saturated rings. The molecule has 0 spiro atoms. The highest BCUT2D eigenvalue weighted by Crippen LogP contribution is 2.25. The van der Waals surface area contributed by atoms with Crippen molar-refractivity contribution in [2.45, 2.75) is 6.92 Å². The van der Waals surface area contributed by atoms with E-state index in [1.807, 2.05) is 30.0 Å². The number of aryl methyl sites for hydroxylation is 1. The van der Waals surface area contributed by atoms with E-state index >= 15 is 0 Å². The summed E-state index contributed by atoms with van der Waals surface area (Å²) in [6.45, 7) is 7.48. The Hall–Kier alpha value is -3.43. The van der Waals surface area contributed by atoms with Crippen LogP contribution in [0.3, 0.4) is 0 Å². The number of morpholine rings is 1. The highest BCUT2D eigenvalue weighted by atomic mass is 16.5. The number of carbonyl (C=O) groups is 3. The van der Waals surface area contributed by atoms with E-state index in [0.29, 0.717) is 64.6 Å². The van der Waals surface area contributed by atoms with Crippen molar-refractivity contribution >= 4 is 29.2 Å². The summed E-state index contributed by atoms with van der Waals surface area (Å²) in [6.07, 6.45) is 0. The molecule has 2 aliphatic rings. The molecule has 2 amide bonds. The maximum absolute atomic E-state index is 12.7. The lowest BCUT2D eigenvalue weighted by Gasteiger charge is -2.37. The molecule has 2 N–H and O–H groups in total. The van der Waals surface area contributed by atoms with Crippen molar-refractivity contribution in [1.29, 1.82) is 0 Å². The summed E-state index contributed by atoms with van der Waals surface area (Å²) in [4.78, 5) is 43.2. The van der Waals surface area contributed by atoms with Crippen molar-refractivity contribution in [3.8, 4) is 0 Å². The van der Waals surface area contributed by atoms with Crippen molar-refractivity contribution in [1.82, 2.24) is 9.80 Å². The molecule has 34 heavy (non-hydrogen) atoms. The number of ether oxygens (including phenoxy) is 1. The number of nitrogens with one attached hydrogen (secondary N) is 1. The number of hydrogen-bond donors (Lipinski definition) is 2. The largest absolute Gasteiger partial charge is 0.478 e. The number of rotatable bonds is 6. The van der Waals surface area contributed by atoms with Gasteiger partial charge in [-0.1, -0.05) is 18.2 Å².